The maximum absolute atomic E-state index is 12.6. The molecule has 0 aliphatic carbocycles. The summed E-state index contributed by atoms with van der Waals surface area (Å²) in [5.74, 6) is 5.32. The summed E-state index contributed by atoms with van der Waals surface area (Å²) < 4.78 is 0. The maximum Gasteiger partial charge on any atom is 0.272 e. The van der Waals surface area contributed by atoms with Crippen molar-refractivity contribution >= 4 is 22.5 Å². The molecule has 6 heteroatoms. The van der Waals surface area contributed by atoms with Gasteiger partial charge in [-0.05, 0) is 26.0 Å². The molecule has 0 atom stereocenters. The summed E-state index contributed by atoms with van der Waals surface area (Å²) in [6.45, 7) is 3.99. The van der Waals surface area contributed by atoms with Crippen LogP contribution in [0, 0.1) is 0 Å². The second kappa shape index (κ2) is 6.51. The van der Waals surface area contributed by atoms with Gasteiger partial charge < -0.3 is 15.4 Å². The van der Waals surface area contributed by atoms with Crippen LogP contribution < -0.4 is 11.3 Å². The minimum atomic E-state index is -0.221. The van der Waals surface area contributed by atoms with E-state index in [1.54, 1.807) is 11.0 Å². The molecule has 21 heavy (non-hydrogen) atoms. The number of carbonyl (C=O) groups excluding carboxylic acids is 1. The number of benzene rings is 1. The van der Waals surface area contributed by atoms with Gasteiger partial charge in [-0.15, -0.1) is 0 Å². The SMILES string of the molecule is CC(C)N(CCO)C(=O)c1cc(NN)c2ccccc2n1. The summed E-state index contributed by atoms with van der Waals surface area (Å²) >= 11 is 0. The molecule has 0 aliphatic rings. The number of hydrogen-bond donors (Lipinski definition) is 3. The first kappa shape index (κ1) is 15.2. The van der Waals surface area contributed by atoms with Gasteiger partial charge in [0, 0.05) is 18.0 Å². The third-order valence-electron chi connectivity index (χ3n) is 3.32. The van der Waals surface area contributed by atoms with Gasteiger partial charge in [-0.25, -0.2) is 4.98 Å². The standard InChI is InChI=1S/C15H20N4O2/c1-10(2)19(7-8-20)15(21)14-9-13(18-16)11-5-3-4-6-12(11)17-14/h3-6,9-10,20H,7-8,16H2,1-2H3,(H,17,18). The molecule has 4 N–H and O–H groups in total. The van der Waals surface area contributed by atoms with Crippen molar-refractivity contribution in [3.8, 4) is 0 Å². The number of nitrogens with zero attached hydrogens (tertiary/aromatic N) is 2. The summed E-state index contributed by atoms with van der Waals surface area (Å²) in [6.07, 6.45) is 0. The Morgan fingerprint density at radius 3 is 2.76 bits per heavy atom. The van der Waals surface area contributed by atoms with Gasteiger partial charge in [-0.3, -0.25) is 10.6 Å². The molecular weight excluding hydrogens is 268 g/mol. The van der Waals surface area contributed by atoms with Crippen molar-refractivity contribution in [2.24, 2.45) is 5.84 Å². The Morgan fingerprint density at radius 1 is 1.43 bits per heavy atom. The normalized spacial score (nSPS) is 10.9. The van der Waals surface area contributed by atoms with Crippen LogP contribution in [-0.2, 0) is 0 Å². The summed E-state index contributed by atoms with van der Waals surface area (Å²) in [4.78, 5) is 18.6. The number of amides is 1. The zero-order chi connectivity index (χ0) is 15.4. The number of nitrogens with two attached hydrogens (primary N) is 1. The van der Waals surface area contributed by atoms with E-state index in [4.69, 9.17) is 10.9 Å². The van der Waals surface area contributed by atoms with Gasteiger partial charge in [0.1, 0.15) is 5.69 Å². The number of para-hydroxylation sites is 1. The topological polar surface area (TPSA) is 91.5 Å². The van der Waals surface area contributed by atoms with E-state index in [0.717, 1.165) is 5.39 Å². The summed E-state index contributed by atoms with van der Waals surface area (Å²) in [7, 11) is 0. The minimum absolute atomic E-state index is 0.0211. The molecule has 1 amide bonds. The predicted octanol–water partition coefficient (Wildman–Crippen LogP) is 1.36. The smallest absolute Gasteiger partial charge is 0.272 e. The Kier molecular flexibility index (Phi) is 4.72. The molecule has 1 aromatic heterocycles. The van der Waals surface area contributed by atoms with Crippen molar-refractivity contribution in [2.45, 2.75) is 19.9 Å². The van der Waals surface area contributed by atoms with E-state index in [9.17, 15) is 4.79 Å². The molecule has 0 unspecified atom stereocenters. The van der Waals surface area contributed by atoms with Crippen LogP contribution in [0.15, 0.2) is 30.3 Å². The number of nitrogens with one attached hydrogen (secondary N) is 1. The zero-order valence-corrected chi connectivity index (χ0v) is 12.2. The first-order valence-electron chi connectivity index (χ1n) is 6.86. The average molecular weight is 288 g/mol. The first-order valence-corrected chi connectivity index (χ1v) is 6.86. The lowest BCUT2D eigenvalue weighted by molar-refractivity contribution is 0.0660. The predicted molar refractivity (Wildman–Crippen MR) is 82.8 cm³/mol. The number of fused-ring (bicyclic) bond motifs is 1. The number of anilines is 1. The molecule has 112 valence electrons. The number of aliphatic hydroxyl groups excluding tert-OH is 1. The second-order valence-electron chi connectivity index (χ2n) is 5.03. The van der Waals surface area contributed by atoms with Crippen molar-refractivity contribution in [3.05, 3.63) is 36.0 Å². The fraction of sp³-hybridized carbons (Fsp3) is 0.333. The van der Waals surface area contributed by atoms with Gasteiger partial charge in [-0.1, -0.05) is 18.2 Å². The van der Waals surface area contributed by atoms with E-state index >= 15 is 0 Å². The molecule has 0 saturated heterocycles. The Morgan fingerprint density at radius 2 is 2.14 bits per heavy atom. The van der Waals surface area contributed by atoms with Crippen LogP contribution in [0.1, 0.15) is 24.3 Å². The lowest BCUT2D eigenvalue weighted by atomic mass is 10.1. The van der Waals surface area contributed by atoms with E-state index in [1.807, 2.05) is 38.1 Å². The third-order valence-corrected chi connectivity index (χ3v) is 3.32. The number of hydrazine groups is 1. The molecule has 2 rings (SSSR count). The highest BCUT2D eigenvalue weighted by Crippen LogP contribution is 2.23. The number of nitrogen functional groups attached to an aromatic ring is 1. The fourth-order valence-corrected chi connectivity index (χ4v) is 2.25. The molecule has 0 bridgehead atoms. The van der Waals surface area contributed by atoms with Crippen molar-refractivity contribution in [1.29, 1.82) is 0 Å². The molecular formula is C15H20N4O2. The van der Waals surface area contributed by atoms with Gasteiger partial charge in [0.05, 0.1) is 17.8 Å². The van der Waals surface area contributed by atoms with E-state index < -0.39 is 0 Å². The summed E-state index contributed by atoms with van der Waals surface area (Å²) in [6, 6.07) is 9.08. The maximum atomic E-state index is 12.6. The molecule has 0 saturated carbocycles. The Balaban J connectivity index is 2.48. The van der Waals surface area contributed by atoms with Crippen LogP contribution in [-0.4, -0.2) is 40.1 Å². The number of hydrogen-bond acceptors (Lipinski definition) is 5. The van der Waals surface area contributed by atoms with E-state index in [-0.39, 0.29) is 25.1 Å². The molecule has 0 fully saturated rings. The lowest BCUT2D eigenvalue weighted by Gasteiger charge is -2.25. The number of rotatable bonds is 5. The molecule has 2 aromatic rings. The van der Waals surface area contributed by atoms with Gasteiger partial charge in [0.2, 0.25) is 0 Å². The van der Waals surface area contributed by atoms with Crippen molar-refractivity contribution < 1.29 is 9.90 Å². The molecule has 0 spiro atoms. The highest BCUT2D eigenvalue weighted by molar-refractivity contribution is 5.99. The van der Waals surface area contributed by atoms with Gasteiger partial charge in [0.15, 0.2) is 0 Å². The highest BCUT2D eigenvalue weighted by Gasteiger charge is 2.20. The summed E-state index contributed by atoms with van der Waals surface area (Å²) in [5, 5.41) is 9.96. The van der Waals surface area contributed by atoms with Crippen LogP contribution in [0.4, 0.5) is 5.69 Å². The Bertz CT molecular complexity index is 643. The number of carbonyl (C=O) groups is 1. The van der Waals surface area contributed by atoms with E-state index in [0.29, 0.717) is 16.9 Å². The third kappa shape index (κ3) is 3.12. The van der Waals surface area contributed by atoms with Crippen molar-refractivity contribution in [1.82, 2.24) is 9.88 Å². The quantitative estimate of drug-likeness (QED) is 0.571. The highest BCUT2D eigenvalue weighted by atomic mass is 16.3. The lowest BCUT2D eigenvalue weighted by Crippen LogP contribution is -2.39. The van der Waals surface area contributed by atoms with Gasteiger partial charge >= 0.3 is 0 Å². The van der Waals surface area contributed by atoms with Crippen LogP contribution >= 0.6 is 0 Å². The number of aliphatic hydroxyl groups is 1. The molecule has 6 nitrogen and oxygen atoms in total. The molecule has 0 aliphatic heterocycles. The second-order valence-corrected chi connectivity index (χ2v) is 5.03. The Labute approximate surface area is 123 Å². The molecule has 1 heterocycles. The molecule has 0 radical (unpaired) electrons. The van der Waals surface area contributed by atoms with Gasteiger partial charge in [-0.2, -0.15) is 0 Å². The van der Waals surface area contributed by atoms with E-state index in [2.05, 4.69) is 10.4 Å². The fourth-order valence-electron chi connectivity index (χ4n) is 2.25. The van der Waals surface area contributed by atoms with Crippen LogP contribution in [0.5, 0.6) is 0 Å². The average Bonchev–Trinajstić information content (AvgIpc) is 2.50. The molecule has 1 aromatic carbocycles. The number of aromatic nitrogens is 1. The van der Waals surface area contributed by atoms with Crippen molar-refractivity contribution in [3.63, 3.8) is 0 Å². The van der Waals surface area contributed by atoms with Crippen LogP contribution in [0.25, 0.3) is 10.9 Å². The van der Waals surface area contributed by atoms with E-state index in [1.165, 1.54) is 0 Å². The van der Waals surface area contributed by atoms with Crippen LogP contribution in [0.3, 0.4) is 0 Å². The Hall–Kier alpha value is -2.18. The minimum Gasteiger partial charge on any atom is -0.395 e. The first-order chi connectivity index (χ1) is 10.1. The van der Waals surface area contributed by atoms with Gasteiger partial charge in [0.25, 0.3) is 5.91 Å². The largest absolute Gasteiger partial charge is 0.395 e. The summed E-state index contributed by atoms with van der Waals surface area (Å²) in [5.41, 5.74) is 4.26. The monoisotopic (exact) mass is 288 g/mol. The van der Waals surface area contributed by atoms with Crippen molar-refractivity contribution in [2.75, 3.05) is 18.6 Å². The van der Waals surface area contributed by atoms with Crippen LogP contribution in [0.2, 0.25) is 0 Å². The number of pyridine rings is 1. The zero-order valence-electron chi connectivity index (χ0n) is 12.2.